The first kappa shape index (κ1) is 31.8. The Kier molecular flexibility index (Phi) is 16.6. The van der Waals surface area contributed by atoms with Crippen molar-refractivity contribution in [3.05, 3.63) is 67.2 Å². The van der Waals surface area contributed by atoms with E-state index in [1.165, 1.54) is 0 Å². The van der Waals surface area contributed by atoms with Crippen molar-refractivity contribution < 1.29 is 14.6 Å². The van der Waals surface area contributed by atoms with Gasteiger partial charge in [0.25, 0.3) is 0 Å². The maximum absolute atomic E-state index is 9.83. The van der Waals surface area contributed by atoms with Gasteiger partial charge in [0.05, 0.1) is 41.2 Å². The topological polar surface area (TPSA) is 101 Å². The number of fused-ring (bicyclic) bond motifs is 1. The van der Waals surface area contributed by atoms with Gasteiger partial charge in [0.1, 0.15) is 12.9 Å². The van der Waals surface area contributed by atoms with Gasteiger partial charge in [-0.25, -0.2) is 0 Å². The lowest BCUT2D eigenvalue weighted by Crippen LogP contribution is -2.48. The highest BCUT2D eigenvalue weighted by Crippen LogP contribution is 2.29. The number of hydrogen-bond acceptors (Lipinski definition) is 6. The Morgan fingerprint density at radius 2 is 1.97 bits per heavy atom. The first-order valence-corrected chi connectivity index (χ1v) is 10.7. The van der Waals surface area contributed by atoms with Gasteiger partial charge in [0.15, 0.2) is 0 Å². The highest BCUT2D eigenvalue weighted by atomic mass is 16.5. The average molecular weight is 457 g/mol. The second kappa shape index (κ2) is 17.2. The summed E-state index contributed by atoms with van der Waals surface area (Å²) in [6, 6.07) is 6.17. The van der Waals surface area contributed by atoms with Gasteiger partial charge in [-0.3, -0.25) is 0 Å². The summed E-state index contributed by atoms with van der Waals surface area (Å²) in [4.78, 5) is 13.1. The van der Waals surface area contributed by atoms with Crippen molar-refractivity contribution >= 4 is 23.4 Å². The van der Waals surface area contributed by atoms with Crippen LogP contribution in [0.3, 0.4) is 0 Å². The number of nitrogens with zero attached hydrogens (tertiary/aromatic N) is 2. The van der Waals surface area contributed by atoms with Gasteiger partial charge in [-0.15, -0.1) is 13.2 Å². The molecular weight excluding hydrogens is 416 g/mol. The van der Waals surface area contributed by atoms with E-state index in [1.807, 2.05) is 71.7 Å². The summed E-state index contributed by atoms with van der Waals surface area (Å²) in [6.07, 6.45) is 5.33. The fourth-order valence-corrected chi connectivity index (χ4v) is 2.85. The van der Waals surface area contributed by atoms with Crippen LogP contribution in [0.1, 0.15) is 38.8 Å². The molecule has 33 heavy (non-hydrogen) atoms. The van der Waals surface area contributed by atoms with Crippen molar-refractivity contribution in [2.45, 2.75) is 40.2 Å². The van der Waals surface area contributed by atoms with Gasteiger partial charge in [0.2, 0.25) is 0 Å². The van der Waals surface area contributed by atoms with E-state index in [2.05, 4.69) is 36.1 Å². The molecule has 0 fully saturated rings. The molecule has 0 radical (unpaired) electrons. The molecule has 0 amide bonds. The predicted molar refractivity (Wildman–Crippen MR) is 139 cm³/mol. The third-order valence-electron chi connectivity index (χ3n) is 4.81. The number of hydrogen-bond donors (Lipinski definition) is 3. The second-order valence-electron chi connectivity index (χ2n) is 6.81. The molecule has 0 aliphatic rings. The van der Waals surface area contributed by atoms with E-state index in [0.29, 0.717) is 18.8 Å². The van der Waals surface area contributed by atoms with Crippen LogP contribution in [0, 0.1) is 18.3 Å². The Morgan fingerprint density at radius 1 is 1.36 bits per heavy atom. The molecule has 0 saturated heterocycles. The van der Waals surface area contributed by atoms with E-state index in [9.17, 15) is 10.4 Å². The minimum Gasteiger partial charge on any atom is -0.394 e. The van der Waals surface area contributed by atoms with Gasteiger partial charge in [-0.05, 0) is 38.5 Å². The summed E-state index contributed by atoms with van der Waals surface area (Å²) in [7, 11) is 1.90. The molecule has 182 valence electrons. The largest absolute Gasteiger partial charge is 0.394 e. The summed E-state index contributed by atoms with van der Waals surface area (Å²) in [5.74, 6) is 0. The molecule has 1 aromatic carbocycles. The van der Waals surface area contributed by atoms with Crippen molar-refractivity contribution in [1.82, 2.24) is 9.88 Å². The van der Waals surface area contributed by atoms with Crippen LogP contribution in [0.2, 0.25) is 0 Å². The first-order valence-electron chi connectivity index (χ1n) is 10.7. The van der Waals surface area contributed by atoms with Crippen molar-refractivity contribution in [3.63, 3.8) is 0 Å². The summed E-state index contributed by atoms with van der Waals surface area (Å²) >= 11 is 0. The molecule has 0 aliphatic carbocycles. The predicted octanol–water partition coefficient (Wildman–Crippen LogP) is 5.15. The molecular formula is C26H40N4O3. The number of aliphatic hydroxyl groups excluding tert-OH is 1. The number of likely N-dealkylation sites (N-methyl/N-ethyl adjacent to an activating group) is 1. The van der Waals surface area contributed by atoms with Crippen molar-refractivity contribution in [1.29, 1.82) is 5.26 Å². The second-order valence-corrected chi connectivity index (χ2v) is 6.81. The van der Waals surface area contributed by atoms with Crippen LogP contribution < -0.4 is 5.32 Å². The number of benzene rings is 1. The number of allylic oxidation sites excluding steroid dienone is 1. The summed E-state index contributed by atoms with van der Waals surface area (Å²) < 4.78 is 5.52. The van der Waals surface area contributed by atoms with Crippen LogP contribution in [0.4, 0.5) is 5.69 Å². The van der Waals surface area contributed by atoms with Crippen LogP contribution in [-0.4, -0.2) is 54.2 Å². The summed E-state index contributed by atoms with van der Waals surface area (Å²) in [6.45, 7) is 22.7. The van der Waals surface area contributed by atoms with Gasteiger partial charge in [-0.1, -0.05) is 26.5 Å². The maximum atomic E-state index is 9.83. The number of aryl methyl sites for hydroxylation is 1. The molecule has 0 aliphatic heterocycles. The molecule has 0 saturated carbocycles. The molecule has 7 nitrogen and oxygen atoms in total. The van der Waals surface area contributed by atoms with E-state index in [0.717, 1.165) is 27.9 Å². The van der Waals surface area contributed by atoms with E-state index in [-0.39, 0.29) is 6.61 Å². The Labute approximate surface area is 199 Å². The molecule has 0 bridgehead atoms. The molecule has 1 heterocycles. The van der Waals surface area contributed by atoms with Crippen molar-refractivity contribution in [2.75, 3.05) is 32.2 Å². The number of carbonyl (C=O) groups excluding carboxylic acids is 1. The monoisotopic (exact) mass is 456 g/mol. The van der Waals surface area contributed by atoms with E-state index in [4.69, 9.17) is 9.53 Å². The number of rotatable bonds is 9. The smallest absolute Gasteiger partial charge is 0.106 e. The Morgan fingerprint density at radius 3 is 2.45 bits per heavy atom. The highest BCUT2D eigenvalue weighted by molar-refractivity contribution is 5.97. The molecule has 1 unspecified atom stereocenters. The number of carbonyl (C=O) groups is 1. The van der Waals surface area contributed by atoms with Crippen LogP contribution >= 0.6 is 0 Å². The number of nitrogens with one attached hydrogen (secondary N) is 2. The molecule has 1 aromatic heterocycles. The zero-order valence-corrected chi connectivity index (χ0v) is 21.0. The summed E-state index contributed by atoms with van der Waals surface area (Å²) in [5.41, 5.74) is 3.62. The quantitative estimate of drug-likeness (QED) is 0.356. The SMILES string of the molecule is C=C.C=C/C(=C\N(C)C(C)(CO)COCC)Nc1ccc(C)c2c(C#N)c[nH]c12.C=O.CC. The lowest BCUT2D eigenvalue weighted by atomic mass is 10.0. The minimum absolute atomic E-state index is 0.0403. The molecule has 1 atom stereocenters. The van der Waals surface area contributed by atoms with Crippen molar-refractivity contribution in [3.8, 4) is 6.07 Å². The average Bonchev–Trinajstić information content (AvgIpc) is 3.32. The number of aromatic nitrogens is 1. The summed E-state index contributed by atoms with van der Waals surface area (Å²) in [5, 5.41) is 23.4. The lowest BCUT2D eigenvalue weighted by molar-refractivity contribution is -0.0980. The van der Waals surface area contributed by atoms with Gasteiger partial charge < -0.3 is 29.8 Å². The normalized spacial score (nSPS) is 11.8. The minimum atomic E-state index is -0.547. The number of nitriles is 1. The third kappa shape index (κ3) is 8.60. The van der Waals surface area contributed by atoms with E-state index in [1.54, 1.807) is 12.3 Å². The van der Waals surface area contributed by atoms with E-state index < -0.39 is 5.54 Å². The Bertz CT molecular complexity index is 912. The van der Waals surface area contributed by atoms with E-state index >= 15 is 0 Å². The third-order valence-corrected chi connectivity index (χ3v) is 4.81. The van der Waals surface area contributed by atoms with Crippen molar-refractivity contribution in [2.24, 2.45) is 0 Å². The highest BCUT2D eigenvalue weighted by Gasteiger charge is 2.27. The van der Waals surface area contributed by atoms with Crippen LogP contribution in [0.25, 0.3) is 10.9 Å². The molecule has 2 aromatic rings. The number of anilines is 1. The first-order chi connectivity index (χ1) is 15.9. The molecule has 0 spiro atoms. The van der Waals surface area contributed by atoms with Gasteiger partial charge in [-0.2, -0.15) is 5.26 Å². The zero-order valence-electron chi connectivity index (χ0n) is 21.0. The fraction of sp³-hybridized carbons (Fsp3) is 0.385. The number of aromatic amines is 1. The molecule has 3 N–H and O–H groups in total. The van der Waals surface area contributed by atoms with Crippen LogP contribution in [-0.2, 0) is 9.53 Å². The van der Waals surface area contributed by atoms with Crippen LogP contribution in [0.5, 0.6) is 0 Å². The van der Waals surface area contributed by atoms with Crippen LogP contribution in [0.15, 0.2) is 56.0 Å². The standard InChI is InChI=1S/C21H28N4O2.C2H6.C2H4.CH2O/c1-6-17(12-25(5)21(4,13-26)14-27-7-2)24-18-9-8-15(3)19-16(10-22)11-23-20(18)19;3*1-2/h6,8-9,11-12,23-24,26H,1,7,13-14H2,2-5H3;1-2H3;1-2H2;1H2/b17-12+;;;. The number of ether oxygens (including phenoxy) is 1. The molecule has 7 heteroatoms. The Hall–Kier alpha value is -3.34. The van der Waals surface area contributed by atoms with Gasteiger partial charge >= 0.3 is 0 Å². The number of aliphatic hydroxyl groups is 1. The number of H-pyrrole nitrogens is 1. The lowest BCUT2D eigenvalue weighted by Gasteiger charge is -2.36. The zero-order chi connectivity index (χ0) is 26.0. The fourth-order valence-electron chi connectivity index (χ4n) is 2.85. The molecule has 2 rings (SSSR count). The van der Waals surface area contributed by atoms with Gasteiger partial charge in [0, 0.05) is 31.4 Å². The Balaban J connectivity index is 0. The maximum Gasteiger partial charge on any atom is 0.106 e.